The van der Waals surface area contributed by atoms with Gasteiger partial charge in [-0.05, 0) is 83.6 Å². The fraction of sp³-hybridized carbons (Fsp3) is 0.310. The number of aromatic hydroxyl groups is 4. The zero-order valence-corrected chi connectivity index (χ0v) is 20.3. The molecule has 33 heavy (non-hydrogen) atoms. The van der Waals surface area contributed by atoms with Crippen molar-refractivity contribution in [2.45, 2.75) is 60.3 Å². The first kappa shape index (κ1) is 25.9. The highest BCUT2D eigenvalue weighted by molar-refractivity contribution is 5.76. The van der Waals surface area contributed by atoms with E-state index in [1.54, 1.807) is 12.1 Å². The lowest BCUT2D eigenvalue weighted by Crippen LogP contribution is -1.92. The van der Waals surface area contributed by atoms with Gasteiger partial charge in [0.1, 0.15) is 11.5 Å². The molecule has 0 aliphatic heterocycles. The average Bonchev–Trinajstić information content (AvgIpc) is 2.72. The predicted molar refractivity (Wildman–Crippen MR) is 138 cm³/mol. The second-order valence-corrected chi connectivity index (χ2v) is 8.93. The van der Waals surface area contributed by atoms with Gasteiger partial charge in [0.25, 0.3) is 0 Å². The molecule has 0 saturated heterocycles. The topological polar surface area (TPSA) is 80.9 Å². The molecule has 0 fully saturated rings. The minimum Gasteiger partial charge on any atom is -0.508 e. The maximum absolute atomic E-state index is 10.5. The minimum atomic E-state index is -0.159. The number of allylic oxidation sites excluding steroid dienone is 6. The van der Waals surface area contributed by atoms with Crippen LogP contribution in [0.2, 0.25) is 0 Å². The largest absolute Gasteiger partial charge is 0.508 e. The Kier molecular flexibility index (Phi) is 9.41. The van der Waals surface area contributed by atoms with Crippen LogP contribution < -0.4 is 0 Å². The second kappa shape index (κ2) is 12.0. The molecule has 2 rings (SSSR count). The molecule has 0 radical (unpaired) electrons. The molecule has 2 aromatic rings. The number of benzene rings is 2. The highest BCUT2D eigenvalue weighted by Gasteiger charge is 2.11. The van der Waals surface area contributed by atoms with Crippen molar-refractivity contribution in [2.75, 3.05) is 0 Å². The lowest BCUT2D eigenvalue weighted by atomic mass is 9.97. The van der Waals surface area contributed by atoms with E-state index in [1.165, 1.54) is 23.3 Å². The normalized spacial score (nSPS) is 11.6. The third-order valence-corrected chi connectivity index (χ3v) is 5.45. The number of rotatable bonds is 9. The smallest absolute Gasteiger partial charge is 0.161 e. The predicted octanol–water partition coefficient (Wildman–Crippen LogP) is 7.42. The Morgan fingerprint density at radius 2 is 1.33 bits per heavy atom. The van der Waals surface area contributed by atoms with Gasteiger partial charge in [-0.25, -0.2) is 0 Å². The number of hydrogen-bond acceptors (Lipinski definition) is 4. The summed E-state index contributed by atoms with van der Waals surface area (Å²) in [5, 5.41) is 40.9. The standard InChI is InChI=1S/C29H36O4/c1-19(2)7-6-8-21(5)10-15-25-23(17-24(30)18-28(25)32)12-11-22-13-16-27(31)29(33)26(22)14-9-20(3)4/h7,9-13,16-18,30-33H,6,8,14-15H2,1-5H3. The van der Waals surface area contributed by atoms with Crippen LogP contribution in [0.1, 0.15) is 69.7 Å². The summed E-state index contributed by atoms with van der Waals surface area (Å²) in [6.45, 7) is 10.2. The van der Waals surface area contributed by atoms with E-state index >= 15 is 0 Å². The van der Waals surface area contributed by atoms with E-state index in [0.717, 1.165) is 29.5 Å². The van der Waals surface area contributed by atoms with Gasteiger partial charge < -0.3 is 20.4 Å². The summed E-state index contributed by atoms with van der Waals surface area (Å²) in [6.07, 6.45) is 12.9. The molecule has 0 spiro atoms. The molecule has 176 valence electrons. The lowest BCUT2D eigenvalue weighted by Gasteiger charge is -2.11. The van der Waals surface area contributed by atoms with Crippen molar-refractivity contribution in [1.29, 1.82) is 0 Å². The fourth-order valence-corrected chi connectivity index (χ4v) is 3.50. The Balaban J connectivity index is 2.38. The molecule has 0 saturated carbocycles. The summed E-state index contributed by atoms with van der Waals surface area (Å²) in [7, 11) is 0. The molecule has 0 heterocycles. The Hall–Kier alpha value is -3.40. The SMILES string of the molecule is CC(C)=CCCC(C)=CCc1c(O)cc(O)cc1C=Cc1ccc(O)c(O)c1CC=C(C)C. The Labute approximate surface area is 197 Å². The van der Waals surface area contributed by atoms with Crippen molar-refractivity contribution in [3.8, 4) is 23.0 Å². The molecule has 0 amide bonds. The van der Waals surface area contributed by atoms with E-state index in [9.17, 15) is 20.4 Å². The molecule has 0 aromatic heterocycles. The van der Waals surface area contributed by atoms with Gasteiger partial charge in [0.2, 0.25) is 0 Å². The van der Waals surface area contributed by atoms with E-state index in [2.05, 4.69) is 32.9 Å². The van der Waals surface area contributed by atoms with Gasteiger partial charge in [0, 0.05) is 17.2 Å². The summed E-state index contributed by atoms with van der Waals surface area (Å²) in [4.78, 5) is 0. The van der Waals surface area contributed by atoms with Crippen molar-refractivity contribution in [3.63, 3.8) is 0 Å². The van der Waals surface area contributed by atoms with Gasteiger partial charge in [-0.1, -0.05) is 53.2 Å². The van der Waals surface area contributed by atoms with E-state index in [1.807, 2.05) is 32.1 Å². The van der Waals surface area contributed by atoms with Crippen LogP contribution in [0.15, 0.2) is 59.2 Å². The van der Waals surface area contributed by atoms with Crippen molar-refractivity contribution < 1.29 is 20.4 Å². The quantitative estimate of drug-likeness (QED) is 0.183. The zero-order valence-electron chi connectivity index (χ0n) is 20.3. The van der Waals surface area contributed by atoms with Crippen molar-refractivity contribution in [3.05, 3.63) is 81.5 Å². The van der Waals surface area contributed by atoms with Gasteiger partial charge in [0.15, 0.2) is 11.5 Å². The highest BCUT2D eigenvalue weighted by atomic mass is 16.3. The van der Waals surface area contributed by atoms with Gasteiger partial charge in [0.05, 0.1) is 0 Å². The van der Waals surface area contributed by atoms with Crippen LogP contribution in [0.5, 0.6) is 23.0 Å². The molecular weight excluding hydrogens is 412 g/mol. The van der Waals surface area contributed by atoms with Gasteiger partial charge >= 0.3 is 0 Å². The van der Waals surface area contributed by atoms with Crippen LogP contribution >= 0.6 is 0 Å². The first-order valence-corrected chi connectivity index (χ1v) is 11.3. The summed E-state index contributed by atoms with van der Waals surface area (Å²) < 4.78 is 0. The molecule has 0 unspecified atom stereocenters. The number of hydrogen-bond donors (Lipinski definition) is 4. The van der Waals surface area contributed by atoms with E-state index < -0.39 is 0 Å². The monoisotopic (exact) mass is 448 g/mol. The van der Waals surface area contributed by atoms with Crippen LogP contribution in [0.4, 0.5) is 0 Å². The summed E-state index contributed by atoms with van der Waals surface area (Å²) in [6, 6.07) is 6.18. The summed E-state index contributed by atoms with van der Waals surface area (Å²) in [5.41, 5.74) is 6.44. The van der Waals surface area contributed by atoms with E-state index in [4.69, 9.17) is 0 Å². The number of phenolic OH excluding ortho intramolecular Hbond substituents is 4. The van der Waals surface area contributed by atoms with Crippen LogP contribution in [0.3, 0.4) is 0 Å². The maximum Gasteiger partial charge on any atom is 0.161 e. The maximum atomic E-state index is 10.5. The molecule has 2 aromatic carbocycles. The molecule has 0 aliphatic rings. The first-order valence-electron chi connectivity index (χ1n) is 11.3. The van der Waals surface area contributed by atoms with E-state index in [-0.39, 0.29) is 23.0 Å². The second-order valence-electron chi connectivity index (χ2n) is 8.93. The van der Waals surface area contributed by atoms with Gasteiger partial charge in [-0.15, -0.1) is 0 Å². The lowest BCUT2D eigenvalue weighted by molar-refractivity contribution is 0.400. The van der Waals surface area contributed by atoms with Gasteiger partial charge in [-0.3, -0.25) is 0 Å². The average molecular weight is 449 g/mol. The van der Waals surface area contributed by atoms with Gasteiger partial charge in [-0.2, -0.15) is 0 Å². The van der Waals surface area contributed by atoms with Crippen molar-refractivity contribution in [1.82, 2.24) is 0 Å². The Morgan fingerprint density at radius 1 is 0.697 bits per heavy atom. The van der Waals surface area contributed by atoms with Crippen LogP contribution in [-0.2, 0) is 12.8 Å². The van der Waals surface area contributed by atoms with Crippen molar-refractivity contribution in [2.24, 2.45) is 0 Å². The van der Waals surface area contributed by atoms with E-state index in [0.29, 0.717) is 24.0 Å². The minimum absolute atomic E-state index is 0.0153. The van der Waals surface area contributed by atoms with Crippen molar-refractivity contribution >= 4 is 12.2 Å². The third-order valence-electron chi connectivity index (χ3n) is 5.45. The van der Waals surface area contributed by atoms with Crippen LogP contribution in [0, 0.1) is 0 Å². The highest BCUT2D eigenvalue weighted by Crippen LogP contribution is 2.34. The third kappa shape index (κ3) is 7.90. The Bertz CT molecular complexity index is 1090. The Morgan fingerprint density at radius 3 is 2.00 bits per heavy atom. The molecule has 4 heteroatoms. The molecule has 4 N–H and O–H groups in total. The number of phenols is 4. The zero-order chi connectivity index (χ0) is 24.5. The molecule has 0 aliphatic carbocycles. The molecular formula is C29H36O4. The molecule has 4 nitrogen and oxygen atoms in total. The first-order chi connectivity index (χ1) is 15.6. The summed E-state index contributed by atoms with van der Waals surface area (Å²) in [5.74, 6) is -0.267. The summed E-state index contributed by atoms with van der Waals surface area (Å²) >= 11 is 0. The molecule has 0 atom stereocenters. The van der Waals surface area contributed by atoms with Crippen LogP contribution in [-0.4, -0.2) is 20.4 Å². The van der Waals surface area contributed by atoms with Crippen LogP contribution in [0.25, 0.3) is 12.2 Å². The fourth-order valence-electron chi connectivity index (χ4n) is 3.50. The molecule has 0 bridgehead atoms.